The Labute approximate surface area is 197 Å². The maximum Gasteiger partial charge on any atom is 0.260 e. The zero-order valence-corrected chi connectivity index (χ0v) is 19.2. The van der Waals surface area contributed by atoms with E-state index in [9.17, 15) is 14.4 Å². The zero-order chi connectivity index (χ0) is 23.5. The summed E-state index contributed by atoms with van der Waals surface area (Å²) >= 11 is 1.56. The van der Waals surface area contributed by atoms with Gasteiger partial charge in [0.2, 0.25) is 0 Å². The molecule has 3 unspecified atom stereocenters. The Morgan fingerprint density at radius 3 is 2.42 bits per heavy atom. The van der Waals surface area contributed by atoms with Crippen LogP contribution in [0.2, 0.25) is 0 Å². The molecule has 1 saturated heterocycles. The molecule has 176 valence electrons. The van der Waals surface area contributed by atoms with Crippen LogP contribution in [0.5, 0.6) is 5.75 Å². The molecule has 3 amide bonds. The van der Waals surface area contributed by atoms with Gasteiger partial charge < -0.3 is 10.1 Å². The lowest BCUT2D eigenvalue weighted by molar-refractivity contribution is -0.133. The largest absolute Gasteiger partial charge is 0.484 e. The lowest BCUT2D eigenvalue weighted by atomic mass is 10.0. The van der Waals surface area contributed by atoms with Crippen LogP contribution in [0.3, 0.4) is 0 Å². The minimum absolute atomic E-state index is 0.00381. The number of hydrogen-bond donors (Lipinski definition) is 5. The van der Waals surface area contributed by atoms with Crippen LogP contribution in [0.4, 0.5) is 0 Å². The molecule has 9 nitrogen and oxygen atoms in total. The molecule has 1 aliphatic heterocycles. The topological polar surface area (TPSA) is 121 Å². The first kappa shape index (κ1) is 24.6. The average molecular weight is 472 g/mol. The van der Waals surface area contributed by atoms with Crippen LogP contribution in [0.1, 0.15) is 24.4 Å². The van der Waals surface area contributed by atoms with Crippen molar-refractivity contribution in [2.45, 2.75) is 31.0 Å². The number of hydrogen-bond acceptors (Lipinski definition) is 7. The quantitative estimate of drug-likeness (QED) is 0.329. The Kier molecular flexibility index (Phi) is 9.55. The Bertz CT molecular complexity index is 916. The molecule has 0 radical (unpaired) electrons. The van der Waals surface area contributed by atoms with Gasteiger partial charge in [-0.25, -0.2) is 10.9 Å². The predicted octanol–water partition coefficient (Wildman–Crippen LogP) is 1.06. The molecule has 5 N–H and O–H groups in total. The summed E-state index contributed by atoms with van der Waals surface area (Å²) in [5, 5.41) is 2.68. The molecule has 2 aromatic rings. The number of ether oxygens (including phenoxy) is 1. The summed E-state index contributed by atoms with van der Waals surface area (Å²) in [5.41, 5.74) is 12.0. The van der Waals surface area contributed by atoms with E-state index in [-0.39, 0.29) is 18.6 Å². The van der Waals surface area contributed by atoms with Crippen molar-refractivity contribution >= 4 is 29.5 Å². The van der Waals surface area contributed by atoms with Crippen LogP contribution in [0.25, 0.3) is 0 Å². The number of benzene rings is 2. The average Bonchev–Trinajstić information content (AvgIpc) is 3.35. The summed E-state index contributed by atoms with van der Waals surface area (Å²) in [5.74, 6) is -0.0402. The van der Waals surface area contributed by atoms with Crippen molar-refractivity contribution in [3.63, 3.8) is 0 Å². The van der Waals surface area contributed by atoms with Gasteiger partial charge in [0, 0.05) is 6.04 Å². The third-order valence-corrected chi connectivity index (χ3v) is 5.75. The van der Waals surface area contributed by atoms with E-state index in [1.165, 1.54) is 0 Å². The summed E-state index contributed by atoms with van der Waals surface area (Å²) < 4.78 is 5.43. The lowest BCUT2D eigenvalue weighted by Gasteiger charge is -2.19. The maximum absolute atomic E-state index is 12.6. The van der Waals surface area contributed by atoms with E-state index < -0.39 is 23.9 Å². The molecular formula is C23H29N5O4S. The van der Waals surface area contributed by atoms with Gasteiger partial charge >= 0.3 is 0 Å². The highest BCUT2D eigenvalue weighted by Gasteiger charge is 2.30. The second-order valence-electron chi connectivity index (χ2n) is 7.52. The standard InChI is InChI=1S/C23H29N5O4S/c1-33-13-12-18(24-21(29)15-32-17-10-6-3-7-11-17)22(30)27-28-23(31)20-14-19(25-26-20)16-8-4-2-5-9-16/h2-11,18-20,25-26H,12-15H2,1H3,(H,24,29)(H,27,30)(H,28,31). The summed E-state index contributed by atoms with van der Waals surface area (Å²) in [6, 6.07) is 17.4. The summed E-state index contributed by atoms with van der Waals surface area (Å²) in [4.78, 5) is 37.4. The van der Waals surface area contributed by atoms with Crippen molar-refractivity contribution in [2.75, 3.05) is 18.6 Å². The van der Waals surface area contributed by atoms with Gasteiger partial charge in [-0.2, -0.15) is 11.8 Å². The van der Waals surface area contributed by atoms with Crippen LogP contribution >= 0.6 is 11.8 Å². The number of hydrazine groups is 2. The first-order valence-electron chi connectivity index (χ1n) is 10.7. The van der Waals surface area contributed by atoms with E-state index in [1.807, 2.05) is 42.7 Å². The minimum Gasteiger partial charge on any atom is -0.484 e. The predicted molar refractivity (Wildman–Crippen MR) is 127 cm³/mol. The molecule has 0 saturated carbocycles. The van der Waals surface area contributed by atoms with Gasteiger partial charge in [-0.1, -0.05) is 48.5 Å². The van der Waals surface area contributed by atoms with E-state index in [0.717, 1.165) is 5.56 Å². The summed E-state index contributed by atoms with van der Waals surface area (Å²) in [6.07, 6.45) is 2.87. The second kappa shape index (κ2) is 12.8. The summed E-state index contributed by atoms with van der Waals surface area (Å²) in [7, 11) is 0. The van der Waals surface area contributed by atoms with E-state index in [1.54, 1.807) is 36.0 Å². The van der Waals surface area contributed by atoms with Crippen molar-refractivity contribution in [1.82, 2.24) is 27.0 Å². The minimum atomic E-state index is -0.795. The van der Waals surface area contributed by atoms with Crippen LogP contribution in [0, 0.1) is 0 Å². The third-order valence-electron chi connectivity index (χ3n) is 5.11. The van der Waals surface area contributed by atoms with Gasteiger partial charge in [-0.3, -0.25) is 25.2 Å². The number of thioether (sulfide) groups is 1. The molecule has 0 bridgehead atoms. The molecule has 10 heteroatoms. The highest BCUT2D eigenvalue weighted by Crippen LogP contribution is 2.21. The van der Waals surface area contributed by atoms with Gasteiger partial charge in [-0.05, 0) is 42.5 Å². The monoisotopic (exact) mass is 471 g/mol. The first-order valence-corrected chi connectivity index (χ1v) is 12.1. The fourth-order valence-electron chi connectivity index (χ4n) is 3.34. The molecule has 3 rings (SSSR count). The molecule has 1 heterocycles. The molecular weight excluding hydrogens is 442 g/mol. The van der Waals surface area contributed by atoms with Crippen LogP contribution in [-0.2, 0) is 14.4 Å². The molecule has 1 aliphatic rings. The number of carbonyl (C=O) groups excluding carboxylic acids is 3. The third kappa shape index (κ3) is 7.77. The van der Waals surface area contributed by atoms with E-state index >= 15 is 0 Å². The lowest BCUT2D eigenvalue weighted by Crippen LogP contribution is -2.56. The van der Waals surface area contributed by atoms with E-state index in [2.05, 4.69) is 27.0 Å². The van der Waals surface area contributed by atoms with Crippen LogP contribution in [0.15, 0.2) is 60.7 Å². The molecule has 2 aromatic carbocycles. The SMILES string of the molecule is CSCCC(NC(=O)COc1ccccc1)C(=O)NNC(=O)C1CC(c2ccccc2)NN1. The van der Waals surface area contributed by atoms with Crippen LogP contribution < -0.4 is 31.8 Å². The van der Waals surface area contributed by atoms with Crippen molar-refractivity contribution in [1.29, 1.82) is 0 Å². The van der Waals surface area contributed by atoms with Crippen molar-refractivity contribution in [2.24, 2.45) is 0 Å². The smallest absolute Gasteiger partial charge is 0.260 e. The fraction of sp³-hybridized carbons (Fsp3) is 0.348. The molecule has 0 spiro atoms. The number of amides is 3. The zero-order valence-electron chi connectivity index (χ0n) is 18.4. The normalized spacial score (nSPS) is 18.2. The van der Waals surface area contributed by atoms with Gasteiger partial charge in [0.15, 0.2) is 6.61 Å². The van der Waals surface area contributed by atoms with Gasteiger partial charge in [0.25, 0.3) is 17.7 Å². The Hall–Kier alpha value is -3.08. The van der Waals surface area contributed by atoms with E-state index in [4.69, 9.17) is 4.74 Å². The number of nitrogens with one attached hydrogen (secondary N) is 5. The van der Waals surface area contributed by atoms with Gasteiger partial charge in [0.1, 0.15) is 17.8 Å². The highest BCUT2D eigenvalue weighted by molar-refractivity contribution is 7.98. The Morgan fingerprint density at radius 2 is 1.73 bits per heavy atom. The van der Waals surface area contributed by atoms with Crippen molar-refractivity contribution < 1.29 is 19.1 Å². The molecule has 0 aromatic heterocycles. The Balaban J connectivity index is 1.45. The second-order valence-corrected chi connectivity index (χ2v) is 8.51. The molecule has 3 atom stereocenters. The fourth-order valence-corrected chi connectivity index (χ4v) is 3.81. The highest BCUT2D eigenvalue weighted by atomic mass is 32.2. The number of rotatable bonds is 10. The first-order chi connectivity index (χ1) is 16.1. The molecule has 1 fully saturated rings. The van der Waals surface area contributed by atoms with Crippen LogP contribution in [-0.4, -0.2) is 48.4 Å². The summed E-state index contributed by atoms with van der Waals surface area (Å²) in [6.45, 7) is -0.210. The van der Waals surface area contributed by atoms with Crippen molar-refractivity contribution in [3.8, 4) is 5.75 Å². The maximum atomic E-state index is 12.6. The molecule has 33 heavy (non-hydrogen) atoms. The number of carbonyl (C=O) groups is 3. The Morgan fingerprint density at radius 1 is 1.03 bits per heavy atom. The molecule has 0 aliphatic carbocycles. The van der Waals surface area contributed by atoms with E-state index in [0.29, 0.717) is 24.3 Å². The van der Waals surface area contributed by atoms with Gasteiger partial charge in [0.05, 0.1) is 0 Å². The number of para-hydroxylation sites is 1. The van der Waals surface area contributed by atoms with Crippen molar-refractivity contribution in [3.05, 3.63) is 66.2 Å². The van der Waals surface area contributed by atoms with Gasteiger partial charge in [-0.15, -0.1) is 0 Å².